The summed E-state index contributed by atoms with van der Waals surface area (Å²) < 4.78 is 0. The molecular weight excluding hydrogens is 160 g/mol. The van der Waals surface area contributed by atoms with Gasteiger partial charge in [-0.3, -0.25) is 0 Å². The highest BCUT2D eigenvalue weighted by molar-refractivity contribution is 4.92. The molecule has 0 aromatic rings. The van der Waals surface area contributed by atoms with Crippen molar-refractivity contribution in [2.45, 2.75) is 38.6 Å². The quantitative estimate of drug-likeness (QED) is 0.651. The van der Waals surface area contributed by atoms with Crippen molar-refractivity contribution in [3.05, 3.63) is 0 Å². The predicted octanol–water partition coefficient (Wildman–Crippen LogP) is 1.36. The molecule has 0 radical (unpaired) electrons. The lowest BCUT2D eigenvalue weighted by Gasteiger charge is -2.19. The van der Waals surface area contributed by atoms with E-state index < -0.39 is 0 Å². The first kappa shape index (κ1) is 9.47. The Morgan fingerprint density at radius 3 is 2.15 bits per heavy atom. The summed E-state index contributed by atoms with van der Waals surface area (Å²) in [4.78, 5) is 0. The summed E-state index contributed by atoms with van der Waals surface area (Å²) in [6.45, 7) is 4.16. The van der Waals surface area contributed by atoms with E-state index in [0.717, 1.165) is 24.3 Å². The van der Waals surface area contributed by atoms with Crippen LogP contribution in [0.3, 0.4) is 0 Å². The summed E-state index contributed by atoms with van der Waals surface area (Å²) >= 11 is 0. The summed E-state index contributed by atoms with van der Waals surface area (Å²) in [7, 11) is 0. The maximum Gasteiger partial charge on any atom is 0.0162 e. The van der Waals surface area contributed by atoms with Gasteiger partial charge >= 0.3 is 0 Å². The van der Waals surface area contributed by atoms with Crippen LogP contribution in [-0.4, -0.2) is 19.1 Å². The molecule has 0 spiro atoms. The molecule has 1 atom stereocenters. The minimum atomic E-state index is 0.500. The van der Waals surface area contributed by atoms with E-state index in [4.69, 9.17) is 5.73 Å². The molecular formula is C11H22N2. The van der Waals surface area contributed by atoms with Crippen LogP contribution in [0.15, 0.2) is 0 Å². The molecule has 0 bridgehead atoms. The van der Waals surface area contributed by atoms with Crippen LogP contribution < -0.4 is 11.1 Å². The zero-order chi connectivity index (χ0) is 9.26. The van der Waals surface area contributed by atoms with Crippen LogP contribution in [0, 0.1) is 17.8 Å². The number of hydrogen-bond acceptors (Lipinski definition) is 2. The fourth-order valence-corrected chi connectivity index (χ4v) is 2.19. The van der Waals surface area contributed by atoms with Crippen molar-refractivity contribution in [2.75, 3.05) is 13.1 Å². The lowest BCUT2D eigenvalue weighted by molar-refractivity contribution is 0.361. The van der Waals surface area contributed by atoms with Gasteiger partial charge in [-0.2, -0.15) is 0 Å². The lowest BCUT2D eigenvalue weighted by Crippen LogP contribution is -2.37. The van der Waals surface area contributed by atoms with Gasteiger partial charge in [-0.15, -0.1) is 0 Å². The fourth-order valence-electron chi connectivity index (χ4n) is 2.19. The summed E-state index contributed by atoms with van der Waals surface area (Å²) in [5, 5.41) is 3.55. The Morgan fingerprint density at radius 2 is 1.77 bits per heavy atom. The third kappa shape index (κ3) is 2.68. The first-order valence-corrected chi connectivity index (χ1v) is 5.74. The van der Waals surface area contributed by atoms with Gasteiger partial charge in [0.2, 0.25) is 0 Å². The smallest absolute Gasteiger partial charge is 0.0162 e. The Labute approximate surface area is 81.3 Å². The van der Waals surface area contributed by atoms with Crippen LogP contribution in [0.25, 0.3) is 0 Å². The Kier molecular flexibility index (Phi) is 2.89. The van der Waals surface area contributed by atoms with Crippen LogP contribution in [-0.2, 0) is 0 Å². The van der Waals surface area contributed by atoms with Gasteiger partial charge in [0.05, 0.1) is 0 Å². The number of nitrogens with one attached hydrogen (secondary N) is 1. The molecule has 13 heavy (non-hydrogen) atoms. The van der Waals surface area contributed by atoms with E-state index in [0.29, 0.717) is 6.04 Å². The maximum absolute atomic E-state index is 5.58. The predicted molar refractivity (Wildman–Crippen MR) is 55.5 cm³/mol. The second-order valence-corrected chi connectivity index (χ2v) is 4.88. The van der Waals surface area contributed by atoms with Gasteiger partial charge in [-0.05, 0) is 56.9 Å². The summed E-state index contributed by atoms with van der Waals surface area (Å²) in [6, 6.07) is 0.500. The Bertz CT molecular complexity index is 149. The molecule has 2 aliphatic carbocycles. The zero-order valence-electron chi connectivity index (χ0n) is 8.63. The number of hydrogen-bond donors (Lipinski definition) is 2. The second-order valence-electron chi connectivity index (χ2n) is 4.88. The average Bonchev–Trinajstić information content (AvgIpc) is 2.98. The molecule has 0 amide bonds. The van der Waals surface area contributed by atoms with E-state index >= 15 is 0 Å². The van der Waals surface area contributed by atoms with E-state index in [1.54, 1.807) is 0 Å². The molecule has 0 aliphatic heterocycles. The molecule has 0 aromatic heterocycles. The van der Waals surface area contributed by atoms with Gasteiger partial charge in [-0.25, -0.2) is 0 Å². The second kappa shape index (κ2) is 3.97. The molecule has 3 N–H and O–H groups in total. The van der Waals surface area contributed by atoms with Crippen molar-refractivity contribution in [2.24, 2.45) is 23.5 Å². The SMILES string of the molecule is CC(CN)NCC(C1CC1)C1CC1. The Hall–Kier alpha value is -0.0800. The molecule has 1 unspecified atom stereocenters. The third-order valence-electron chi connectivity index (χ3n) is 3.51. The van der Waals surface area contributed by atoms with E-state index in [9.17, 15) is 0 Å². The average molecular weight is 182 g/mol. The molecule has 76 valence electrons. The number of nitrogens with two attached hydrogens (primary N) is 1. The standard InChI is InChI=1S/C11H22N2/c1-8(6-12)13-7-11(9-2-3-9)10-4-5-10/h8-11,13H,2-7,12H2,1H3. The highest BCUT2D eigenvalue weighted by Crippen LogP contribution is 2.48. The van der Waals surface area contributed by atoms with Gasteiger partial charge in [0.25, 0.3) is 0 Å². The monoisotopic (exact) mass is 182 g/mol. The minimum absolute atomic E-state index is 0.500. The van der Waals surface area contributed by atoms with Gasteiger partial charge < -0.3 is 11.1 Å². The largest absolute Gasteiger partial charge is 0.329 e. The van der Waals surface area contributed by atoms with Gasteiger partial charge in [0.15, 0.2) is 0 Å². The van der Waals surface area contributed by atoms with Crippen LogP contribution >= 0.6 is 0 Å². The van der Waals surface area contributed by atoms with Crippen molar-refractivity contribution in [3.63, 3.8) is 0 Å². The van der Waals surface area contributed by atoms with E-state index in [1.807, 2.05) is 0 Å². The molecule has 2 nitrogen and oxygen atoms in total. The normalized spacial score (nSPS) is 25.2. The van der Waals surface area contributed by atoms with Crippen molar-refractivity contribution in [1.82, 2.24) is 5.32 Å². The number of rotatable bonds is 6. The van der Waals surface area contributed by atoms with Crippen LogP contribution in [0.2, 0.25) is 0 Å². The molecule has 2 fully saturated rings. The van der Waals surface area contributed by atoms with Gasteiger partial charge in [0, 0.05) is 12.6 Å². The van der Waals surface area contributed by atoms with Crippen LogP contribution in [0.5, 0.6) is 0 Å². The Balaban J connectivity index is 1.70. The Morgan fingerprint density at radius 1 is 1.23 bits per heavy atom. The van der Waals surface area contributed by atoms with E-state index in [-0.39, 0.29) is 0 Å². The van der Waals surface area contributed by atoms with Gasteiger partial charge in [-0.1, -0.05) is 0 Å². The highest BCUT2D eigenvalue weighted by Gasteiger charge is 2.40. The van der Waals surface area contributed by atoms with Crippen LogP contribution in [0.4, 0.5) is 0 Å². The fraction of sp³-hybridized carbons (Fsp3) is 1.00. The molecule has 0 saturated heterocycles. The summed E-state index contributed by atoms with van der Waals surface area (Å²) in [5.41, 5.74) is 5.58. The van der Waals surface area contributed by atoms with Crippen molar-refractivity contribution >= 4 is 0 Å². The van der Waals surface area contributed by atoms with E-state index in [1.165, 1.54) is 32.2 Å². The zero-order valence-corrected chi connectivity index (χ0v) is 8.63. The minimum Gasteiger partial charge on any atom is -0.329 e. The highest BCUT2D eigenvalue weighted by atomic mass is 14.9. The topological polar surface area (TPSA) is 38.0 Å². The van der Waals surface area contributed by atoms with Gasteiger partial charge in [0.1, 0.15) is 0 Å². The summed E-state index contributed by atoms with van der Waals surface area (Å²) in [6.07, 6.45) is 5.94. The molecule has 2 aliphatic rings. The molecule has 0 aromatic carbocycles. The van der Waals surface area contributed by atoms with Crippen molar-refractivity contribution in [3.8, 4) is 0 Å². The summed E-state index contributed by atoms with van der Waals surface area (Å²) in [5.74, 6) is 3.10. The molecule has 2 rings (SSSR count). The molecule has 2 saturated carbocycles. The van der Waals surface area contributed by atoms with Crippen molar-refractivity contribution in [1.29, 1.82) is 0 Å². The lowest BCUT2D eigenvalue weighted by atomic mass is 9.98. The molecule has 2 heteroatoms. The van der Waals surface area contributed by atoms with E-state index in [2.05, 4.69) is 12.2 Å². The first-order chi connectivity index (χ1) is 6.31. The molecule has 0 heterocycles. The maximum atomic E-state index is 5.58. The van der Waals surface area contributed by atoms with Crippen LogP contribution in [0.1, 0.15) is 32.6 Å². The third-order valence-corrected chi connectivity index (χ3v) is 3.51. The van der Waals surface area contributed by atoms with Crippen molar-refractivity contribution < 1.29 is 0 Å². The first-order valence-electron chi connectivity index (χ1n) is 5.74.